The van der Waals surface area contributed by atoms with Crippen LogP contribution in [0.3, 0.4) is 0 Å². The zero-order valence-electron chi connectivity index (χ0n) is 16.3. The number of carbonyl (C=O) groups is 1. The van der Waals surface area contributed by atoms with Gasteiger partial charge in [-0.05, 0) is 41.8 Å². The van der Waals surface area contributed by atoms with Crippen LogP contribution in [0.25, 0.3) is 0 Å². The third kappa shape index (κ3) is 4.94. The summed E-state index contributed by atoms with van der Waals surface area (Å²) in [7, 11) is 4.58. The Labute approximate surface area is 175 Å². The number of nitrogens with zero attached hydrogens (tertiary/aromatic N) is 2. The molecule has 1 heterocycles. The second-order valence-electron chi connectivity index (χ2n) is 7.94. The number of halogens is 1. The molecule has 1 saturated heterocycles. The Kier molecular flexibility index (Phi) is 8.69. The second kappa shape index (κ2) is 10.3. The fraction of sp³-hybridized carbons (Fsp3) is 0.619. The van der Waals surface area contributed by atoms with E-state index >= 15 is 0 Å². The zero-order valence-corrected chi connectivity index (χ0v) is 19.2. The number of hydrogen-bond acceptors (Lipinski definition) is 2. The first kappa shape index (κ1) is 22.0. The van der Waals surface area contributed by atoms with E-state index in [4.69, 9.17) is 0 Å². The molecule has 2 aliphatic rings. The van der Waals surface area contributed by atoms with Gasteiger partial charge in [0.2, 0.25) is 5.91 Å². The molecule has 1 saturated carbocycles. The van der Waals surface area contributed by atoms with Gasteiger partial charge in [-0.2, -0.15) is 6.67 Å². The monoisotopic (exact) mass is 559 g/mol. The molecule has 0 atom stereocenters. The molecule has 1 aliphatic heterocycles. The summed E-state index contributed by atoms with van der Waals surface area (Å²) in [5.41, 5.74) is 3.68. The van der Waals surface area contributed by atoms with Crippen molar-refractivity contribution in [3.63, 3.8) is 0 Å². The Balaban J connectivity index is 0.00000117. The summed E-state index contributed by atoms with van der Waals surface area (Å²) in [5, 5.41) is 0. The maximum atomic E-state index is 12.8. The van der Waals surface area contributed by atoms with E-state index in [1.54, 1.807) is 20.0 Å². The van der Waals surface area contributed by atoms with Crippen LogP contribution in [0.5, 0.6) is 0 Å². The third-order valence-electron chi connectivity index (χ3n) is 5.48. The molecule has 1 aliphatic carbocycles. The molecule has 0 radical (unpaired) electrons. The van der Waals surface area contributed by atoms with Gasteiger partial charge in [-0.25, -0.2) is 0 Å². The molecule has 0 spiro atoms. The normalized spacial score (nSPS) is 19.3. The summed E-state index contributed by atoms with van der Waals surface area (Å²) in [5.74, 6) is 1.03. The molecule has 0 aromatic heterocycles. The molecular weight excluding hydrogens is 529 g/mol. The van der Waals surface area contributed by atoms with Crippen molar-refractivity contribution in [1.29, 1.82) is 0 Å². The van der Waals surface area contributed by atoms with Crippen molar-refractivity contribution in [3.05, 3.63) is 36.0 Å². The van der Waals surface area contributed by atoms with Crippen LogP contribution in [-0.4, -0.2) is 23.4 Å². The van der Waals surface area contributed by atoms with Gasteiger partial charge >= 0.3 is 29.2 Å². The van der Waals surface area contributed by atoms with Crippen molar-refractivity contribution in [2.24, 2.45) is 0 Å². The van der Waals surface area contributed by atoms with Crippen LogP contribution in [0.4, 0.5) is 5.69 Å². The Morgan fingerprint density at radius 2 is 1.58 bits per heavy atom. The van der Waals surface area contributed by atoms with Gasteiger partial charge in [0.1, 0.15) is 0 Å². The Morgan fingerprint density at radius 1 is 1.04 bits per heavy atom. The van der Waals surface area contributed by atoms with Crippen LogP contribution in [-0.2, 0) is 24.8 Å². The van der Waals surface area contributed by atoms with E-state index in [1.807, 2.05) is 4.90 Å². The topological polar surface area (TPSA) is 23.6 Å². The molecule has 0 unspecified atom stereocenters. The SMILES string of the molecule is CC(C)c1cccc(C(C)C)c1N1[CH-]N(C2CCCCC2)CC1=O.[Cl][Au]. The van der Waals surface area contributed by atoms with Crippen LogP contribution in [0.15, 0.2) is 18.2 Å². The number of para-hydroxylation sites is 1. The molecular formula is C21H31AuClN2O-. The van der Waals surface area contributed by atoms with Gasteiger partial charge in [0.15, 0.2) is 0 Å². The van der Waals surface area contributed by atoms with Crippen molar-refractivity contribution < 1.29 is 24.8 Å². The fourth-order valence-corrected chi connectivity index (χ4v) is 4.09. The third-order valence-corrected chi connectivity index (χ3v) is 5.48. The quantitative estimate of drug-likeness (QED) is 0.348. The minimum atomic E-state index is 0.218. The van der Waals surface area contributed by atoms with E-state index in [1.165, 1.54) is 43.2 Å². The number of hydrogen-bond donors (Lipinski definition) is 0. The summed E-state index contributed by atoms with van der Waals surface area (Å²) >= 11 is 1.75. The average Bonchev–Trinajstić information content (AvgIpc) is 3.04. The molecule has 1 aromatic carbocycles. The van der Waals surface area contributed by atoms with Crippen molar-refractivity contribution in [2.75, 3.05) is 11.4 Å². The van der Waals surface area contributed by atoms with E-state index in [-0.39, 0.29) is 5.91 Å². The van der Waals surface area contributed by atoms with Gasteiger partial charge in [-0.15, -0.1) is 0 Å². The van der Waals surface area contributed by atoms with Crippen LogP contribution >= 0.6 is 9.19 Å². The van der Waals surface area contributed by atoms with Crippen LogP contribution in [0.2, 0.25) is 0 Å². The fourth-order valence-electron chi connectivity index (χ4n) is 4.09. The number of anilines is 1. The molecule has 0 N–H and O–H groups in total. The Bertz CT molecular complexity index is 573. The summed E-state index contributed by atoms with van der Waals surface area (Å²) in [4.78, 5) is 17.1. The Morgan fingerprint density at radius 3 is 2.08 bits per heavy atom. The van der Waals surface area contributed by atoms with Crippen molar-refractivity contribution in [1.82, 2.24) is 4.90 Å². The summed E-state index contributed by atoms with van der Waals surface area (Å²) in [6.07, 6.45) is 6.38. The minimum absolute atomic E-state index is 0.218. The van der Waals surface area contributed by atoms with Gasteiger partial charge in [0, 0.05) is 5.69 Å². The van der Waals surface area contributed by atoms with E-state index in [9.17, 15) is 4.79 Å². The first-order chi connectivity index (χ1) is 12.5. The predicted octanol–water partition coefficient (Wildman–Crippen LogP) is 5.72. The van der Waals surface area contributed by atoms with Crippen LogP contribution in [0.1, 0.15) is 82.8 Å². The number of amides is 1. The zero-order chi connectivity index (χ0) is 19.3. The Hall–Kier alpha value is -0.320. The van der Waals surface area contributed by atoms with E-state index in [0.717, 1.165) is 5.69 Å². The van der Waals surface area contributed by atoms with Crippen molar-refractivity contribution >= 4 is 20.8 Å². The summed E-state index contributed by atoms with van der Waals surface area (Å²) in [6.45, 7) is 11.5. The molecule has 1 aromatic rings. The second-order valence-corrected chi connectivity index (χ2v) is 7.94. The van der Waals surface area contributed by atoms with Crippen molar-refractivity contribution in [3.8, 4) is 0 Å². The number of benzene rings is 1. The molecule has 26 heavy (non-hydrogen) atoms. The molecule has 1 amide bonds. The van der Waals surface area contributed by atoms with Crippen LogP contribution < -0.4 is 4.90 Å². The van der Waals surface area contributed by atoms with Gasteiger partial charge in [0.05, 0.1) is 6.54 Å². The van der Waals surface area contributed by atoms with Crippen molar-refractivity contribution in [2.45, 2.75) is 77.7 Å². The summed E-state index contributed by atoms with van der Waals surface area (Å²) < 4.78 is 0. The van der Waals surface area contributed by atoms with Crippen LogP contribution in [0, 0.1) is 6.67 Å². The standard InChI is InChI=1S/C21H31N2O.Au.ClH/c1-15(2)18-11-8-12-19(16(3)4)21(18)23-14-22(13-20(23)24)17-9-6-5-7-10-17;;/h8,11-12,14-17H,5-7,9-10,13H2,1-4H3;;1H/q-1;+1;/p-1. The van der Waals surface area contributed by atoms with E-state index in [0.29, 0.717) is 24.4 Å². The van der Waals surface area contributed by atoms with Gasteiger partial charge < -0.3 is 9.80 Å². The number of carbonyl (C=O) groups excluding carboxylic acids is 1. The van der Waals surface area contributed by atoms with Gasteiger partial charge in [0.25, 0.3) is 0 Å². The molecule has 3 rings (SSSR count). The first-order valence-electron chi connectivity index (χ1n) is 9.66. The number of rotatable bonds is 4. The predicted molar refractivity (Wildman–Crippen MR) is 106 cm³/mol. The first-order valence-corrected chi connectivity index (χ1v) is 12.3. The molecule has 5 heteroatoms. The molecule has 0 bridgehead atoms. The van der Waals surface area contributed by atoms with E-state index < -0.39 is 0 Å². The molecule has 2 fully saturated rings. The van der Waals surface area contributed by atoms with Gasteiger partial charge in [-0.3, -0.25) is 4.79 Å². The maximum absolute atomic E-state index is 12.8. The summed E-state index contributed by atoms with van der Waals surface area (Å²) in [6, 6.07) is 7.03. The molecule has 3 nitrogen and oxygen atoms in total. The van der Waals surface area contributed by atoms with E-state index in [2.05, 4.69) is 66.7 Å². The average molecular weight is 560 g/mol. The molecule has 150 valence electrons. The van der Waals surface area contributed by atoms with Gasteiger partial charge in [-0.1, -0.05) is 65.2 Å².